The van der Waals surface area contributed by atoms with Gasteiger partial charge in [0, 0.05) is 37.6 Å². The molecule has 0 radical (unpaired) electrons. The summed E-state index contributed by atoms with van der Waals surface area (Å²) in [5.74, 6) is -1.68. The molecule has 0 fully saturated rings. The monoisotopic (exact) mass is 588 g/mol. The van der Waals surface area contributed by atoms with Gasteiger partial charge in [0.2, 0.25) is 0 Å². The van der Waals surface area contributed by atoms with Crippen LogP contribution in [0.1, 0.15) is 33.5 Å². The molecule has 0 aliphatic carbocycles. The van der Waals surface area contributed by atoms with Crippen LogP contribution in [0.2, 0.25) is 0 Å². The topological polar surface area (TPSA) is 134 Å². The first-order valence-electron chi connectivity index (χ1n) is 13.5. The molecule has 0 saturated heterocycles. The van der Waals surface area contributed by atoms with Crippen LogP contribution >= 0.6 is 0 Å². The first-order valence-corrected chi connectivity index (χ1v) is 13.5. The lowest BCUT2D eigenvalue weighted by Gasteiger charge is -2.20. The zero-order chi connectivity index (χ0) is 31.4. The number of aromatic amines is 1. The zero-order valence-corrected chi connectivity index (χ0v) is 24.6. The van der Waals surface area contributed by atoms with Crippen LogP contribution in [0.3, 0.4) is 0 Å². The number of nitrogens with one attached hydrogen (secondary N) is 2. The summed E-state index contributed by atoms with van der Waals surface area (Å²) in [6.07, 6.45) is 1.04. The van der Waals surface area contributed by atoms with Crippen LogP contribution < -0.4 is 21.3 Å². The summed E-state index contributed by atoms with van der Waals surface area (Å²) in [6, 6.07) is 14.3. The molecule has 3 aromatic carbocycles. The third kappa shape index (κ3) is 6.57. The number of methoxy groups -OCH3 is 1. The fourth-order valence-corrected chi connectivity index (χ4v) is 4.96. The molecular weight excluding hydrogens is 555 g/mol. The van der Waals surface area contributed by atoms with Crippen LogP contribution in [0.4, 0.5) is 10.1 Å². The summed E-state index contributed by atoms with van der Waals surface area (Å²) in [5.41, 5.74) is 4.01. The van der Waals surface area contributed by atoms with E-state index in [-0.39, 0.29) is 25.1 Å². The number of amides is 1. The standard InChI is InChI=1S/C32H33FN4O6/c1-18-21(20-14-26(33)25(28(15-20)43-5)17-36(3)13-12-29(38)39)8-6-9-22(18)23-10-7-11-27(19(23)2)35-30(40)24-16-34-32(42)37(4)31(24)41/h6-11,14-16H,12-13,17H2,1-5H3,(H,34,42)(H,35,40)(H,38,39). The lowest BCUT2D eigenvalue weighted by Crippen LogP contribution is -2.37. The van der Waals surface area contributed by atoms with Crippen molar-refractivity contribution < 1.29 is 23.8 Å². The van der Waals surface area contributed by atoms with Gasteiger partial charge >= 0.3 is 11.7 Å². The Bertz CT molecular complexity index is 1830. The normalized spacial score (nSPS) is 11.0. The number of aromatic nitrogens is 2. The highest BCUT2D eigenvalue weighted by atomic mass is 19.1. The molecule has 0 aliphatic heterocycles. The Morgan fingerprint density at radius 1 is 1.05 bits per heavy atom. The average Bonchev–Trinajstić information content (AvgIpc) is 2.97. The van der Waals surface area contributed by atoms with Crippen molar-refractivity contribution in [3.63, 3.8) is 0 Å². The van der Waals surface area contributed by atoms with Gasteiger partial charge in [0.25, 0.3) is 11.5 Å². The molecule has 0 unspecified atom stereocenters. The second-order valence-corrected chi connectivity index (χ2v) is 10.3. The summed E-state index contributed by atoms with van der Waals surface area (Å²) in [5, 5.41) is 11.7. The maximum Gasteiger partial charge on any atom is 0.328 e. The van der Waals surface area contributed by atoms with Gasteiger partial charge in [-0.15, -0.1) is 0 Å². The highest BCUT2D eigenvalue weighted by molar-refractivity contribution is 6.04. The number of halogens is 1. The SMILES string of the molecule is COc1cc(-c2cccc(-c3cccc(NC(=O)c4c[nH]c(=O)n(C)c4=O)c3C)c2C)cc(F)c1CN(C)CCC(=O)O. The minimum absolute atomic E-state index is 0.0552. The van der Waals surface area contributed by atoms with Crippen LogP contribution in [-0.2, 0) is 18.4 Å². The number of carbonyl (C=O) groups is 2. The van der Waals surface area contributed by atoms with Gasteiger partial charge in [0.1, 0.15) is 17.1 Å². The van der Waals surface area contributed by atoms with E-state index in [1.807, 2.05) is 38.1 Å². The molecule has 224 valence electrons. The first kappa shape index (κ1) is 30.9. The summed E-state index contributed by atoms with van der Waals surface area (Å²) in [6.45, 7) is 4.23. The van der Waals surface area contributed by atoms with E-state index in [1.165, 1.54) is 20.2 Å². The van der Waals surface area contributed by atoms with Gasteiger partial charge in [0.05, 0.1) is 13.5 Å². The molecule has 1 amide bonds. The maximum atomic E-state index is 15.4. The Balaban J connectivity index is 1.68. The minimum Gasteiger partial charge on any atom is -0.496 e. The van der Waals surface area contributed by atoms with Gasteiger partial charge in [-0.05, 0) is 72.5 Å². The quantitative estimate of drug-likeness (QED) is 0.251. The highest BCUT2D eigenvalue weighted by Crippen LogP contribution is 2.38. The van der Waals surface area contributed by atoms with Gasteiger partial charge in [-0.25, -0.2) is 9.18 Å². The predicted octanol–water partition coefficient (Wildman–Crippen LogP) is 4.33. The Morgan fingerprint density at radius 2 is 1.70 bits per heavy atom. The van der Waals surface area contributed by atoms with Crippen molar-refractivity contribution in [1.82, 2.24) is 14.5 Å². The first-order chi connectivity index (χ1) is 20.4. The lowest BCUT2D eigenvalue weighted by molar-refractivity contribution is -0.137. The number of nitrogens with zero attached hydrogens (tertiary/aromatic N) is 2. The summed E-state index contributed by atoms with van der Waals surface area (Å²) < 4.78 is 21.8. The Hall–Kier alpha value is -5.03. The molecule has 0 bridgehead atoms. The summed E-state index contributed by atoms with van der Waals surface area (Å²) in [7, 11) is 4.48. The fraction of sp³-hybridized carbons (Fsp3) is 0.250. The van der Waals surface area contributed by atoms with E-state index in [9.17, 15) is 19.2 Å². The molecule has 0 spiro atoms. The maximum absolute atomic E-state index is 15.4. The van der Waals surface area contributed by atoms with Gasteiger partial charge in [-0.3, -0.25) is 19.0 Å². The van der Waals surface area contributed by atoms with Crippen molar-refractivity contribution in [2.75, 3.05) is 26.0 Å². The van der Waals surface area contributed by atoms with Crippen molar-refractivity contribution in [2.45, 2.75) is 26.8 Å². The number of anilines is 1. The van der Waals surface area contributed by atoms with E-state index in [4.69, 9.17) is 9.84 Å². The molecule has 10 nitrogen and oxygen atoms in total. The average molecular weight is 589 g/mol. The lowest BCUT2D eigenvalue weighted by atomic mass is 9.90. The van der Waals surface area contributed by atoms with Gasteiger partial charge in [-0.2, -0.15) is 0 Å². The van der Waals surface area contributed by atoms with Crippen LogP contribution in [-0.4, -0.2) is 52.1 Å². The molecule has 3 N–H and O–H groups in total. The van der Waals surface area contributed by atoms with Gasteiger partial charge < -0.3 is 25.0 Å². The van der Waals surface area contributed by atoms with E-state index in [2.05, 4.69) is 10.3 Å². The summed E-state index contributed by atoms with van der Waals surface area (Å²) >= 11 is 0. The van der Waals surface area contributed by atoms with E-state index in [0.717, 1.165) is 38.6 Å². The molecule has 0 aliphatic rings. The summed E-state index contributed by atoms with van der Waals surface area (Å²) in [4.78, 5) is 52.1. The second kappa shape index (κ2) is 12.9. The Morgan fingerprint density at radius 3 is 2.37 bits per heavy atom. The number of carboxylic acids is 1. The van der Waals surface area contributed by atoms with Crippen LogP contribution in [0.15, 0.2) is 64.3 Å². The van der Waals surface area contributed by atoms with Crippen molar-refractivity contribution in [2.24, 2.45) is 7.05 Å². The minimum atomic E-state index is -0.923. The van der Waals surface area contributed by atoms with Crippen molar-refractivity contribution in [3.05, 3.63) is 104 Å². The molecule has 4 rings (SSSR count). The van der Waals surface area contributed by atoms with Crippen LogP contribution in [0.25, 0.3) is 22.3 Å². The number of H-pyrrole nitrogens is 1. The van der Waals surface area contributed by atoms with E-state index >= 15 is 4.39 Å². The van der Waals surface area contributed by atoms with Gasteiger partial charge in [0.15, 0.2) is 0 Å². The fourth-order valence-electron chi connectivity index (χ4n) is 4.96. The number of hydrogen-bond donors (Lipinski definition) is 3. The van der Waals surface area contributed by atoms with Crippen molar-refractivity contribution in [1.29, 1.82) is 0 Å². The number of carbonyl (C=O) groups excluding carboxylic acids is 1. The van der Waals surface area contributed by atoms with Crippen LogP contribution in [0, 0.1) is 19.7 Å². The molecule has 43 heavy (non-hydrogen) atoms. The largest absolute Gasteiger partial charge is 0.496 e. The number of benzene rings is 3. The molecule has 11 heteroatoms. The molecule has 0 atom stereocenters. The molecule has 4 aromatic rings. The van der Waals surface area contributed by atoms with Crippen molar-refractivity contribution >= 4 is 17.6 Å². The van der Waals surface area contributed by atoms with Crippen molar-refractivity contribution in [3.8, 4) is 28.0 Å². The number of ether oxygens (including phenoxy) is 1. The Labute approximate surface area is 247 Å². The van der Waals surface area contributed by atoms with E-state index in [1.54, 1.807) is 30.1 Å². The predicted molar refractivity (Wildman–Crippen MR) is 162 cm³/mol. The zero-order valence-electron chi connectivity index (χ0n) is 24.6. The van der Waals surface area contributed by atoms with Gasteiger partial charge in [-0.1, -0.05) is 30.3 Å². The second-order valence-electron chi connectivity index (χ2n) is 10.3. The number of aliphatic carboxylic acids is 1. The highest BCUT2D eigenvalue weighted by Gasteiger charge is 2.19. The number of carboxylic acid groups (broad SMARTS) is 1. The van der Waals surface area contributed by atoms with E-state index < -0.39 is 28.9 Å². The number of rotatable bonds is 10. The van der Waals surface area contributed by atoms with Crippen LogP contribution in [0.5, 0.6) is 5.75 Å². The third-order valence-corrected chi connectivity index (χ3v) is 7.45. The smallest absolute Gasteiger partial charge is 0.328 e. The molecule has 0 saturated carbocycles. The number of hydrogen-bond acceptors (Lipinski definition) is 6. The molecule has 1 aromatic heterocycles. The molecule has 1 heterocycles. The van der Waals surface area contributed by atoms with E-state index in [0.29, 0.717) is 22.6 Å². The third-order valence-electron chi connectivity index (χ3n) is 7.45. The Kier molecular flexibility index (Phi) is 9.25. The molecular formula is C32H33FN4O6.